The lowest BCUT2D eigenvalue weighted by atomic mass is 9.65. The van der Waals surface area contributed by atoms with Gasteiger partial charge in [-0.3, -0.25) is 9.21 Å². The first-order chi connectivity index (χ1) is 8.16. The molecule has 1 heterocycles. The lowest BCUT2D eigenvalue weighted by molar-refractivity contribution is -0.127. The molecule has 17 heavy (non-hydrogen) atoms. The van der Waals surface area contributed by atoms with E-state index in [0.29, 0.717) is 18.2 Å². The van der Waals surface area contributed by atoms with Crippen molar-refractivity contribution in [3.05, 3.63) is 23.4 Å². The molecular formula is C14H18ClNO. The van der Waals surface area contributed by atoms with Crippen molar-refractivity contribution in [2.45, 2.75) is 32.6 Å². The van der Waals surface area contributed by atoms with Crippen LogP contribution in [0.15, 0.2) is 23.4 Å². The van der Waals surface area contributed by atoms with Crippen LogP contribution < -0.4 is 0 Å². The second-order valence-electron chi connectivity index (χ2n) is 5.56. The van der Waals surface area contributed by atoms with Gasteiger partial charge in [0.05, 0.1) is 5.92 Å². The number of ketones is 1. The standard InChI is InChI=1S/C14H18ClNO/c1-9-7-11-4-2-3-10-5-6-16(15)8-12(13(10)11)14(9)17/h5-6,9,11-12H,2-4,7-8H2,1H3. The maximum Gasteiger partial charge on any atom is 0.144 e. The van der Waals surface area contributed by atoms with Crippen LogP contribution in [0.5, 0.6) is 0 Å². The van der Waals surface area contributed by atoms with Gasteiger partial charge in [-0.2, -0.15) is 0 Å². The van der Waals surface area contributed by atoms with Crippen molar-refractivity contribution in [1.29, 1.82) is 0 Å². The van der Waals surface area contributed by atoms with Gasteiger partial charge in [0.2, 0.25) is 0 Å². The molecule has 92 valence electrons. The van der Waals surface area contributed by atoms with Crippen molar-refractivity contribution >= 4 is 17.6 Å². The van der Waals surface area contributed by atoms with E-state index in [-0.39, 0.29) is 11.8 Å². The number of halogens is 1. The fourth-order valence-electron chi connectivity index (χ4n) is 3.67. The summed E-state index contributed by atoms with van der Waals surface area (Å²) in [6, 6.07) is 0. The van der Waals surface area contributed by atoms with Crippen molar-refractivity contribution in [1.82, 2.24) is 4.42 Å². The molecule has 0 spiro atoms. The molecule has 0 aromatic carbocycles. The molecule has 3 unspecified atom stereocenters. The largest absolute Gasteiger partial charge is 0.299 e. The van der Waals surface area contributed by atoms with Crippen LogP contribution in [0.25, 0.3) is 0 Å². The molecule has 2 nitrogen and oxygen atoms in total. The highest BCUT2D eigenvalue weighted by Crippen LogP contribution is 2.45. The molecule has 0 bridgehead atoms. The van der Waals surface area contributed by atoms with E-state index in [0.717, 1.165) is 12.8 Å². The van der Waals surface area contributed by atoms with Crippen molar-refractivity contribution in [3.63, 3.8) is 0 Å². The van der Waals surface area contributed by atoms with Gasteiger partial charge < -0.3 is 0 Å². The first-order valence-electron chi connectivity index (χ1n) is 6.54. The van der Waals surface area contributed by atoms with Crippen molar-refractivity contribution < 1.29 is 4.79 Å². The van der Waals surface area contributed by atoms with Crippen LogP contribution >= 0.6 is 11.8 Å². The molecule has 3 rings (SSSR count). The Morgan fingerprint density at radius 3 is 3.12 bits per heavy atom. The van der Waals surface area contributed by atoms with Crippen LogP contribution in [0.1, 0.15) is 32.6 Å². The van der Waals surface area contributed by atoms with Crippen LogP contribution in [-0.4, -0.2) is 16.7 Å². The maximum atomic E-state index is 12.3. The second kappa shape index (κ2) is 4.16. The summed E-state index contributed by atoms with van der Waals surface area (Å²) in [4.78, 5) is 12.3. The van der Waals surface area contributed by atoms with E-state index in [1.54, 1.807) is 4.42 Å². The number of carbonyl (C=O) groups is 1. The smallest absolute Gasteiger partial charge is 0.144 e. The zero-order valence-electron chi connectivity index (χ0n) is 10.2. The Bertz CT molecular complexity index is 412. The highest BCUT2D eigenvalue weighted by molar-refractivity contribution is 6.14. The zero-order chi connectivity index (χ0) is 12.0. The Labute approximate surface area is 107 Å². The van der Waals surface area contributed by atoms with E-state index in [1.807, 2.05) is 6.20 Å². The summed E-state index contributed by atoms with van der Waals surface area (Å²) >= 11 is 6.11. The number of carbonyl (C=O) groups excluding carboxylic acids is 1. The fourth-order valence-corrected chi connectivity index (χ4v) is 3.86. The van der Waals surface area contributed by atoms with Gasteiger partial charge in [-0.1, -0.05) is 12.5 Å². The van der Waals surface area contributed by atoms with Gasteiger partial charge in [-0.15, -0.1) is 0 Å². The van der Waals surface area contributed by atoms with Crippen LogP contribution in [0, 0.1) is 17.8 Å². The number of Topliss-reactive ketones (excluding diaryl/α,β-unsaturated/α-hetero) is 1. The lowest BCUT2D eigenvalue weighted by Gasteiger charge is -2.39. The molecule has 1 aliphatic heterocycles. The number of allylic oxidation sites excluding steroid dienone is 2. The summed E-state index contributed by atoms with van der Waals surface area (Å²) in [5.74, 6) is 1.28. The monoisotopic (exact) mass is 251 g/mol. The van der Waals surface area contributed by atoms with E-state index in [4.69, 9.17) is 11.8 Å². The topological polar surface area (TPSA) is 20.3 Å². The molecule has 0 aromatic rings. The van der Waals surface area contributed by atoms with E-state index in [9.17, 15) is 4.79 Å². The van der Waals surface area contributed by atoms with Crippen LogP contribution in [-0.2, 0) is 4.79 Å². The molecular weight excluding hydrogens is 234 g/mol. The molecule has 2 aliphatic carbocycles. The Morgan fingerprint density at radius 2 is 2.29 bits per heavy atom. The predicted molar refractivity (Wildman–Crippen MR) is 68.3 cm³/mol. The quantitative estimate of drug-likeness (QED) is 0.616. The van der Waals surface area contributed by atoms with Gasteiger partial charge in [0.1, 0.15) is 5.78 Å². The minimum Gasteiger partial charge on any atom is -0.299 e. The molecule has 0 saturated heterocycles. The van der Waals surface area contributed by atoms with Crippen LogP contribution in [0.3, 0.4) is 0 Å². The third-order valence-electron chi connectivity index (χ3n) is 4.45. The minimum absolute atomic E-state index is 0.0477. The van der Waals surface area contributed by atoms with Gasteiger partial charge in [-0.25, -0.2) is 0 Å². The third-order valence-corrected chi connectivity index (χ3v) is 4.70. The molecule has 0 amide bonds. The van der Waals surface area contributed by atoms with Gasteiger partial charge in [-0.05, 0) is 43.3 Å². The molecule has 0 N–H and O–H groups in total. The van der Waals surface area contributed by atoms with Gasteiger partial charge in [0.25, 0.3) is 0 Å². The molecule has 3 atom stereocenters. The first-order valence-corrected chi connectivity index (χ1v) is 6.88. The van der Waals surface area contributed by atoms with E-state index in [2.05, 4.69) is 13.0 Å². The predicted octanol–water partition coefficient (Wildman–Crippen LogP) is 3.29. The molecule has 0 radical (unpaired) electrons. The Kier molecular flexibility index (Phi) is 2.78. The second-order valence-corrected chi connectivity index (χ2v) is 5.99. The Morgan fingerprint density at radius 1 is 1.47 bits per heavy atom. The molecule has 3 aliphatic rings. The molecule has 1 saturated carbocycles. The fraction of sp³-hybridized carbons (Fsp3) is 0.643. The molecule has 1 fully saturated rings. The summed E-state index contributed by atoms with van der Waals surface area (Å²) < 4.78 is 1.65. The number of hydrogen-bond donors (Lipinski definition) is 0. The van der Waals surface area contributed by atoms with Crippen molar-refractivity contribution in [2.24, 2.45) is 17.8 Å². The minimum atomic E-state index is 0.0477. The normalized spacial score (nSPS) is 36.9. The summed E-state index contributed by atoms with van der Waals surface area (Å²) in [6.07, 6.45) is 8.71. The van der Waals surface area contributed by atoms with E-state index in [1.165, 1.54) is 24.0 Å². The summed E-state index contributed by atoms with van der Waals surface area (Å²) in [7, 11) is 0. The van der Waals surface area contributed by atoms with Gasteiger partial charge >= 0.3 is 0 Å². The lowest BCUT2D eigenvalue weighted by Crippen LogP contribution is -2.39. The highest BCUT2D eigenvalue weighted by atomic mass is 35.5. The average Bonchev–Trinajstić information content (AvgIpc) is 2.48. The van der Waals surface area contributed by atoms with E-state index >= 15 is 0 Å². The van der Waals surface area contributed by atoms with Crippen LogP contribution in [0.2, 0.25) is 0 Å². The van der Waals surface area contributed by atoms with Gasteiger partial charge in [0, 0.05) is 30.4 Å². The number of hydrogen-bond acceptors (Lipinski definition) is 2. The van der Waals surface area contributed by atoms with E-state index < -0.39 is 0 Å². The van der Waals surface area contributed by atoms with Gasteiger partial charge in [0.15, 0.2) is 0 Å². The number of rotatable bonds is 0. The first kappa shape index (κ1) is 11.3. The zero-order valence-corrected chi connectivity index (χ0v) is 10.9. The van der Waals surface area contributed by atoms with Crippen molar-refractivity contribution in [3.8, 4) is 0 Å². The number of nitrogens with zero attached hydrogens (tertiary/aromatic N) is 1. The summed E-state index contributed by atoms with van der Waals surface area (Å²) in [5, 5.41) is 0. The average molecular weight is 252 g/mol. The molecule has 3 heteroatoms. The summed E-state index contributed by atoms with van der Waals surface area (Å²) in [5.41, 5.74) is 2.80. The summed E-state index contributed by atoms with van der Waals surface area (Å²) in [6.45, 7) is 2.72. The maximum absolute atomic E-state index is 12.3. The van der Waals surface area contributed by atoms with Crippen molar-refractivity contribution in [2.75, 3.05) is 6.54 Å². The third kappa shape index (κ3) is 1.83. The Balaban J connectivity index is 2.05. The Hall–Kier alpha value is -0.760. The SMILES string of the molecule is CC1CC2CCCC3=C2C(CN(Cl)C=C3)C1=O. The molecule has 0 aromatic heterocycles. The highest BCUT2D eigenvalue weighted by Gasteiger charge is 2.41. The van der Waals surface area contributed by atoms with Crippen LogP contribution in [0.4, 0.5) is 0 Å².